The second kappa shape index (κ2) is 21.0. The fraction of sp³-hybridized carbons (Fsp3) is 1.00. The highest BCUT2D eigenvalue weighted by Crippen LogP contribution is 2.73. The van der Waals surface area contributed by atoms with Crippen LogP contribution in [0.4, 0.5) is 224 Å². The average Bonchev–Trinajstić information content (AvgIpc) is 3.26. The number of phosphoric acid groups is 1. The number of halogens is 51. The maximum absolute atomic E-state index is 14.7. The molecule has 3 unspecified atom stereocenters. The molecular formula is C30H12F51O4P. The Labute approximate surface area is 433 Å². The van der Waals surface area contributed by atoms with Crippen LogP contribution in [0.2, 0.25) is 0 Å². The molecule has 0 radical (unpaired) electrons. The maximum atomic E-state index is 14.7. The minimum Gasteiger partial charge on any atom is -0.241 e. The summed E-state index contributed by atoms with van der Waals surface area (Å²) in [5, 5.41) is 0. The van der Waals surface area contributed by atoms with Crippen molar-refractivity contribution in [3.63, 3.8) is 0 Å². The molecule has 0 rings (SSSR count). The molecular weight excluding hydrogens is 1420 g/mol. The summed E-state index contributed by atoms with van der Waals surface area (Å²) in [6.45, 7) is -3.77. The standard InChI is InChI=1S/C30H12F51O4P/c1-4(31)7(34,35)10(40,41)13(46,47)16(52,53)19(58,59)22(64,65)25(70,71)28(76,77)83-86(82,84-29(78,79)26(72,73)23(66,67)20(60,61)17(54,55)14(48,49)11(42,43)8(36,37)5(2)32)85-30(80,81)27(74,75)24(68,69)21(62,63)18(56,57)15(50,51)12(44,45)9(38,39)6(3)33/h4-6H,1-3H3. The van der Waals surface area contributed by atoms with E-state index in [1.807, 2.05) is 0 Å². The van der Waals surface area contributed by atoms with E-state index in [-0.39, 0.29) is 0 Å². The topological polar surface area (TPSA) is 44.8 Å². The summed E-state index contributed by atoms with van der Waals surface area (Å²) >= 11 is 0. The Morgan fingerprint density at radius 3 is 0.395 bits per heavy atom. The zero-order chi connectivity index (χ0) is 71.4. The van der Waals surface area contributed by atoms with Gasteiger partial charge in [-0.3, -0.25) is 0 Å². The van der Waals surface area contributed by atoms with E-state index in [9.17, 15) is 228 Å². The molecule has 0 fully saturated rings. The normalized spacial score (nSPS) is 18.7. The van der Waals surface area contributed by atoms with Gasteiger partial charge in [-0.1, -0.05) is 0 Å². The molecule has 0 aliphatic heterocycles. The molecule has 0 aliphatic rings. The molecule has 0 spiro atoms. The summed E-state index contributed by atoms with van der Waals surface area (Å²) in [5.41, 5.74) is 0. The Bertz CT molecular complexity index is 2190. The lowest BCUT2D eigenvalue weighted by Gasteiger charge is -2.45. The van der Waals surface area contributed by atoms with Gasteiger partial charge in [0.05, 0.1) is 0 Å². The molecule has 0 bridgehead atoms. The first kappa shape index (κ1) is 82.5. The van der Waals surface area contributed by atoms with Gasteiger partial charge in [0.1, 0.15) is 0 Å². The molecule has 4 nitrogen and oxygen atoms in total. The molecule has 0 heterocycles. The molecule has 0 aliphatic carbocycles. The summed E-state index contributed by atoms with van der Waals surface area (Å²) in [6, 6.07) is 0. The number of hydrogen-bond donors (Lipinski definition) is 0. The van der Waals surface area contributed by atoms with Crippen molar-refractivity contribution < 1.29 is 242 Å². The summed E-state index contributed by atoms with van der Waals surface area (Å²) in [5.74, 6) is -203. The van der Waals surface area contributed by atoms with Crippen molar-refractivity contribution in [1.29, 1.82) is 0 Å². The number of rotatable bonds is 30. The van der Waals surface area contributed by atoms with Crippen LogP contribution in [0.25, 0.3) is 0 Å². The molecule has 0 aromatic heterocycles. The highest BCUT2D eigenvalue weighted by Gasteiger charge is 3.00. The van der Waals surface area contributed by atoms with Crippen LogP contribution in [0.5, 0.6) is 0 Å². The van der Waals surface area contributed by atoms with Crippen molar-refractivity contribution in [3.05, 3.63) is 0 Å². The van der Waals surface area contributed by atoms with E-state index in [0.717, 1.165) is 0 Å². The smallest absolute Gasteiger partial charge is 0.241 e. The first-order chi connectivity index (χ1) is 36.2. The fourth-order valence-corrected chi connectivity index (χ4v) is 6.24. The predicted molar refractivity (Wildman–Crippen MR) is 161 cm³/mol. The number of phosphoric ester groups is 1. The van der Waals surface area contributed by atoms with Crippen molar-refractivity contribution in [2.45, 2.75) is 182 Å². The van der Waals surface area contributed by atoms with Gasteiger partial charge in [-0.15, -0.1) is 0 Å². The van der Waals surface area contributed by atoms with Gasteiger partial charge >= 0.3 is 151 Å². The quantitative estimate of drug-likeness (QED) is 0.0531. The third-order valence-electron chi connectivity index (χ3n) is 10.4. The van der Waals surface area contributed by atoms with Crippen LogP contribution in [0.3, 0.4) is 0 Å². The molecule has 0 aromatic carbocycles. The highest BCUT2D eigenvalue weighted by atomic mass is 31.2. The van der Waals surface area contributed by atoms with E-state index in [0.29, 0.717) is 13.6 Å². The van der Waals surface area contributed by atoms with Crippen molar-refractivity contribution in [2.24, 2.45) is 0 Å². The molecule has 518 valence electrons. The average molecular weight is 1440 g/mol. The van der Waals surface area contributed by atoms with Crippen LogP contribution >= 0.6 is 7.82 Å². The van der Waals surface area contributed by atoms with Crippen LogP contribution < -0.4 is 0 Å². The van der Waals surface area contributed by atoms with Gasteiger partial charge in [-0.25, -0.2) is 31.3 Å². The zero-order valence-electron chi connectivity index (χ0n) is 38.1. The Balaban J connectivity index is 9.18. The second-order valence-corrected chi connectivity index (χ2v) is 17.8. The van der Waals surface area contributed by atoms with E-state index in [2.05, 4.69) is 0 Å². The predicted octanol–water partition coefficient (Wildman–Crippen LogP) is 18.3. The van der Waals surface area contributed by atoms with E-state index >= 15 is 0 Å². The monoisotopic (exact) mass is 1440 g/mol. The Morgan fingerprint density at radius 1 is 0.198 bits per heavy atom. The number of hydrogen-bond acceptors (Lipinski definition) is 4. The van der Waals surface area contributed by atoms with Gasteiger partial charge in [0.15, 0.2) is 18.5 Å². The Hall–Kier alpha value is -3.46. The van der Waals surface area contributed by atoms with Gasteiger partial charge in [0.2, 0.25) is 0 Å². The van der Waals surface area contributed by atoms with Gasteiger partial charge in [-0.2, -0.15) is 211 Å². The van der Waals surface area contributed by atoms with E-state index < -0.39 is 190 Å². The van der Waals surface area contributed by atoms with E-state index in [1.54, 1.807) is 0 Å². The molecule has 3 atom stereocenters. The Kier molecular flexibility index (Phi) is 20.2. The largest absolute Gasteiger partial charge is 0.489 e. The van der Waals surface area contributed by atoms with Gasteiger partial charge in [0.25, 0.3) is 0 Å². The third kappa shape index (κ3) is 10.4. The first-order valence-electron chi connectivity index (χ1n) is 18.9. The van der Waals surface area contributed by atoms with Crippen LogP contribution in [0, 0.1) is 0 Å². The van der Waals surface area contributed by atoms with E-state index in [1.165, 1.54) is 0 Å². The van der Waals surface area contributed by atoms with Crippen LogP contribution in [0.1, 0.15) is 20.8 Å². The molecule has 56 heteroatoms. The second-order valence-electron chi connectivity index (χ2n) is 16.3. The fourth-order valence-electron chi connectivity index (χ4n) is 4.94. The SMILES string of the molecule is CC(F)C(F)(F)C(F)(F)C(F)(F)C(F)(F)C(F)(F)C(F)(F)C(F)(F)C(F)(F)OP(=O)(OC(F)(F)C(F)(F)C(F)(F)C(F)(F)C(F)(F)C(F)(F)C(F)(F)C(F)(F)C(C)F)OC(F)(F)C(F)(F)C(F)(F)C(F)(F)C(F)(F)C(F)(F)C(F)(F)C(F)(F)C(C)F. The summed E-state index contributed by atoms with van der Waals surface area (Å²) in [7, 11) is -11.9. The zero-order valence-corrected chi connectivity index (χ0v) is 39.0. The maximum Gasteiger partial charge on any atom is 0.489 e. The molecule has 0 N–H and O–H groups in total. The summed E-state index contributed by atoms with van der Waals surface area (Å²) in [6.07, 6.45) is -46.6. The van der Waals surface area contributed by atoms with Gasteiger partial charge in [0, 0.05) is 0 Å². The molecule has 0 aromatic rings. The molecule has 0 amide bonds. The lowest BCUT2D eigenvalue weighted by molar-refractivity contribution is -0.477. The lowest BCUT2D eigenvalue weighted by atomic mass is 9.88. The molecule has 0 saturated carbocycles. The van der Waals surface area contributed by atoms with Crippen molar-refractivity contribution in [1.82, 2.24) is 0 Å². The van der Waals surface area contributed by atoms with Crippen molar-refractivity contribution in [3.8, 4) is 0 Å². The van der Waals surface area contributed by atoms with E-state index in [4.69, 9.17) is 0 Å². The van der Waals surface area contributed by atoms with Crippen LogP contribution in [-0.4, -0.2) is 161 Å². The lowest BCUT2D eigenvalue weighted by Crippen LogP contribution is -2.75. The summed E-state index contributed by atoms with van der Waals surface area (Å²) < 4.78 is 732. The summed E-state index contributed by atoms with van der Waals surface area (Å²) in [4.78, 5) is 0. The van der Waals surface area contributed by atoms with Gasteiger partial charge < -0.3 is 0 Å². The minimum absolute atomic E-state index is 0.634. The third-order valence-corrected chi connectivity index (χ3v) is 11.8. The number of alkyl halides is 51. The first-order valence-corrected chi connectivity index (χ1v) is 20.4. The van der Waals surface area contributed by atoms with Gasteiger partial charge in [-0.05, 0) is 20.8 Å². The van der Waals surface area contributed by atoms with Crippen LogP contribution in [0.15, 0.2) is 0 Å². The highest BCUT2D eigenvalue weighted by molar-refractivity contribution is 7.48. The Morgan fingerprint density at radius 2 is 0.291 bits per heavy atom. The molecule has 86 heavy (non-hydrogen) atoms. The minimum atomic E-state index is -11.9. The van der Waals surface area contributed by atoms with Crippen LogP contribution in [-0.2, 0) is 18.1 Å². The molecule has 0 saturated heterocycles. The van der Waals surface area contributed by atoms with Crippen molar-refractivity contribution in [2.75, 3.05) is 0 Å². The van der Waals surface area contributed by atoms with Crippen molar-refractivity contribution >= 4 is 7.82 Å².